The molecule has 0 amide bonds. The fraction of sp³-hybridized carbons (Fsp3) is 0.333. The monoisotopic (exact) mass is 314 g/mol. The van der Waals surface area contributed by atoms with Gasteiger partial charge < -0.3 is 0 Å². The average Bonchev–Trinajstić information content (AvgIpc) is 2.60. The van der Waals surface area contributed by atoms with Crippen LogP contribution >= 0.6 is 0 Å². The predicted octanol–water partition coefficient (Wildman–Crippen LogP) is 6.40. The largest absolute Gasteiger partial charge is 0.0814 e. The lowest BCUT2D eigenvalue weighted by Crippen LogP contribution is -2.13. The van der Waals surface area contributed by atoms with Crippen molar-refractivity contribution in [2.24, 2.45) is 17.8 Å². The van der Waals surface area contributed by atoms with Gasteiger partial charge >= 0.3 is 0 Å². The Hall–Kier alpha value is -2.08. The lowest BCUT2D eigenvalue weighted by molar-refractivity contribution is 0.479. The normalized spacial score (nSPS) is 31.6. The van der Waals surface area contributed by atoms with E-state index in [1.807, 2.05) is 0 Å². The van der Waals surface area contributed by atoms with E-state index < -0.39 is 0 Å². The van der Waals surface area contributed by atoms with Crippen LogP contribution in [0, 0.1) is 17.8 Å². The zero-order valence-electron chi connectivity index (χ0n) is 14.7. The summed E-state index contributed by atoms with van der Waals surface area (Å²) in [5.74, 6) is 2.02. The van der Waals surface area contributed by atoms with E-state index >= 15 is 0 Å². The van der Waals surface area contributed by atoms with Crippen LogP contribution in [-0.2, 0) is 0 Å². The molecule has 4 aliphatic carbocycles. The van der Waals surface area contributed by atoms with E-state index in [-0.39, 0.29) is 0 Å². The summed E-state index contributed by atoms with van der Waals surface area (Å²) in [4.78, 5) is 0. The molecule has 122 valence electrons. The summed E-state index contributed by atoms with van der Waals surface area (Å²) in [6.45, 7) is 4.51. The summed E-state index contributed by atoms with van der Waals surface area (Å²) in [5, 5.41) is 0. The minimum Gasteiger partial charge on any atom is -0.0814 e. The molecule has 0 N–H and O–H groups in total. The van der Waals surface area contributed by atoms with E-state index in [0.717, 1.165) is 18.3 Å². The van der Waals surface area contributed by atoms with Crippen LogP contribution in [0.3, 0.4) is 0 Å². The molecule has 0 aromatic rings. The molecular weight excluding hydrogens is 288 g/mol. The van der Waals surface area contributed by atoms with E-state index in [0.29, 0.717) is 5.92 Å². The third-order valence-electron chi connectivity index (χ3n) is 5.56. The molecule has 0 aromatic carbocycles. The molecular formula is C24H26. The topological polar surface area (TPSA) is 0 Å². The molecule has 0 aliphatic heterocycles. The first-order chi connectivity index (χ1) is 11.7. The summed E-state index contributed by atoms with van der Waals surface area (Å²) in [6.07, 6.45) is 29.3. The SMILES string of the molecule is CC1=CCC2C=C(/C=C/C3=CCC4CC(C)C=CC4=C3)C=CC2=C1. The minimum absolute atomic E-state index is 0.559. The first kappa shape index (κ1) is 15.4. The number of hydrogen-bond acceptors (Lipinski definition) is 0. The summed E-state index contributed by atoms with van der Waals surface area (Å²) in [5.41, 5.74) is 7.05. The van der Waals surface area contributed by atoms with Crippen LogP contribution in [0.25, 0.3) is 0 Å². The smallest absolute Gasteiger partial charge is 0.00617 e. The lowest BCUT2D eigenvalue weighted by atomic mass is 9.78. The van der Waals surface area contributed by atoms with E-state index in [2.05, 4.69) is 80.7 Å². The van der Waals surface area contributed by atoms with Gasteiger partial charge in [-0.3, -0.25) is 0 Å². The maximum Gasteiger partial charge on any atom is 0.00617 e. The van der Waals surface area contributed by atoms with Gasteiger partial charge in [-0.25, -0.2) is 0 Å². The third-order valence-corrected chi connectivity index (χ3v) is 5.56. The fourth-order valence-electron chi connectivity index (χ4n) is 4.12. The fourth-order valence-corrected chi connectivity index (χ4v) is 4.12. The Bertz CT molecular complexity index is 767. The molecule has 0 saturated heterocycles. The van der Waals surface area contributed by atoms with Crippen molar-refractivity contribution in [1.29, 1.82) is 0 Å². The van der Waals surface area contributed by atoms with Gasteiger partial charge in [0.1, 0.15) is 0 Å². The molecule has 0 spiro atoms. The average molecular weight is 314 g/mol. The van der Waals surface area contributed by atoms with Crippen LogP contribution in [0.1, 0.15) is 33.1 Å². The molecule has 0 fully saturated rings. The van der Waals surface area contributed by atoms with Crippen molar-refractivity contribution in [3.05, 3.63) is 94.7 Å². The van der Waals surface area contributed by atoms with Crippen LogP contribution in [0.5, 0.6) is 0 Å². The van der Waals surface area contributed by atoms with E-state index in [1.165, 1.54) is 40.7 Å². The van der Waals surface area contributed by atoms with Gasteiger partial charge in [-0.1, -0.05) is 79.3 Å². The quantitative estimate of drug-likeness (QED) is 0.553. The van der Waals surface area contributed by atoms with Gasteiger partial charge in [0.15, 0.2) is 0 Å². The standard InChI is InChI=1S/C24H26/c1-17-3-9-23-15-19(7-11-21(23)13-17)5-6-20-8-12-22-14-18(2)4-10-24(22)16-20/h3-9,12,14-17,21,24H,10-11,13H2,1-2H3/b6-5+. The Morgan fingerprint density at radius 1 is 0.917 bits per heavy atom. The van der Waals surface area contributed by atoms with Gasteiger partial charge in [0, 0.05) is 5.92 Å². The van der Waals surface area contributed by atoms with Gasteiger partial charge in [0.25, 0.3) is 0 Å². The van der Waals surface area contributed by atoms with Crippen LogP contribution in [0.4, 0.5) is 0 Å². The minimum atomic E-state index is 0.559. The Labute approximate surface area is 146 Å². The molecule has 4 rings (SSSR count). The number of rotatable bonds is 2. The van der Waals surface area contributed by atoms with Crippen molar-refractivity contribution < 1.29 is 0 Å². The highest BCUT2D eigenvalue weighted by Crippen LogP contribution is 2.35. The van der Waals surface area contributed by atoms with Crippen LogP contribution in [0.15, 0.2) is 94.7 Å². The molecule has 0 saturated carbocycles. The van der Waals surface area contributed by atoms with E-state index in [9.17, 15) is 0 Å². The molecule has 0 aromatic heterocycles. The highest BCUT2D eigenvalue weighted by Gasteiger charge is 2.21. The molecule has 0 bridgehead atoms. The van der Waals surface area contributed by atoms with Crippen LogP contribution < -0.4 is 0 Å². The molecule has 4 aliphatic rings. The highest BCUT2D eigenvalue weighted by atomic mass is 14.3. The Kier molecular flexibility index (Phi) is 4.14. The van der Waals surface area contributed by atoms with Crippen molar-refractivity contribution in [3.63, 3.8) is 0 Å². The van der Waals surface area contributed by atoms with Crippen LogP contribution in [0.2, 0.25) is 0 Å². The molecule has 0 radical (unpaired) electrons. The highest BCUT2D eigenvalue weighted by molar-refractivity contribution is 5.50. The van der Waals surface area contributed by atoms with E-state index in [1.54, 1.807) is 0 Å². The number of fused-ring (bicyclic) bond motifs is 2. The van der Waals surface area contributed by atoms with Gasteiger partial charge in [0.2, 0.25) is 0 Å². The molecule has 0 heteroatoms. The second kappa shape index (κ2) is 6.43. The van der Waals surface area contributed by atoms with Crippen molar-refractivity contribution in [2.75, 3.05) is 0 Å². The predicted molar refractivity (Wildman–Crippen MR) is 104 cm³/mol. The Balaban J connectivity index is 1.47. The molecule has 0 nitrogen and oxygen atoms in total. The molecule has 3 atom stereocenters. The first-order valence-corrected chi connectivity index (χ1v) is 9.23. The molecule has 0 heterocycles. The van der Waals surface area contributed by atoms with E-state index in [4.69, 9.17) is 0 Å². The van der Waals surface area contributed by atoms with Crippen molar-refractivity contribution in [2.45, 2.75) is 33.1 Å². The lowest BCUT2D eigenvalue weighted by Gasteiger charge is -2.27. The summed E-state index contributed by atoms with van der Waals surface area (Å²) in [6, 6.07) is 0. The van der Waals surface area contributed by atoms with Crippen LogP contribution in [-0.4, -0.2) is 0 Å². The maximum atomic E-state index is 2.41. The first-order valence-electron chi connectivity index (χ1n) is 9.23. The van der Waals surface area contributed by atoms with Crippen molar-refractivity contribution in [3.8, 4) is 0 Å². The number of hydrogen-bond donors (Lipinski definition) is 0. The second-order valence-corrected chi connectivity index (χ2v) is 7.62. The maximum absolute atomic E-state index is 2.41. The molecule has 3 unspecified atom stereocenters. The van der Waals surface area contributed by atoms with Gasteiger partial charge in [-0.05, 0) is 60.3 Å². The van der Waals surface area contributed by atoms with Gasteiger partial charge in [0.05, 0.1) is 0 Å². The number of allylic oxidation sites excluding steroid dienone is 16. The van der Waals surface area contributed by atoms with Crippen molar-refractivity contribution in [1.82, 2.24) is 0 Å². The van der Waals surface area contributed by atoms with Gasteiger partial charge in [-0.15, -0.1) is 0 Å². The zero-order chi connectivity index (χ0) is 16.5. The van der Waals surface area contributed by atoms with Crippen molar-refractivity contribution >= 4 is 0 Å². The molecule has 24 heavy (non-hydrogen) atoms. The summed E-state index contributed by atoms with van der Waals surface area (Å²) in [7, 11) is 0. The Morgan fingerprint density at radius 3 is 2.71 bits per heavy atom. The second-order valence-electron chi connectivity index (χ2n) is 7.62. The zero-order valence-corrected chi connectivity index (χ0v) is 14.7. The van der Waals surface area contributed by atoms with Gasteiger partial charge in [-0.2, -0.15) is 0 Å². The third kappa shape index (κ3) is 3.24. The summed E-state index contributed by atoms with van der Waals surface area (Å²) >= 11 is 0. The summed E-state index contributed by atoms with van der Waals surface area (Å²) < 4.78 is 0. The Morgan fingerprint density at radius 2 is 1.79 bits per heavy atom.